The van der Waals surface area contributed by atoms with Crippen LogP contribution < -0.4 is 11.1 Å². The first-order valence-corrected chi connectivity index (χ1v) is 6.83. The van der Waals surface area contributed by atoms with Gasteiger partial charge in [0.2, 0.25) is 5.91 Å². The van der Waals surface area contributed by atoms with E-state index in [4.69, 9.17) is 10.8 Å². The molecular formula is C15H22N2O3. The highest BCUT2D eigenvalue weighted by molar-refractivity contribution is 5.87. The molecule has 0 heterocycles. The summed E-state index contributed by atoms with van der Waals surface area (Å²) < 4.78 is 0. The van der Waals surface area contributed by atoms with Crippen molar-refractivity contribution in [1.82, 2.24) is 5.32 Å². The Morgan fingerprint density at radius 1 is 1.40 bits per heavy atom. The average molecular weight is 278 g/mol. The highest BCUT2D eigenvalue weighted by Crippen LogP contribution is 2.06. The van der Waals surface area contributed by atoms with E-state index in [2.05, 4.69) is 5.32 Å². The number of carbonyl (C=O) groups excluding carboxylic acids is 1. The molecule has 0 aromatic heterocycles. The van der Waals surface area contributed by atoms with Gasteiger partial charge in [-0.1, -0.05) is 12.1 Å². The van der Waals surface area contributed by atoms with Gasteiger partial charge >= 0.3 is 5.97 Å². The molecule has 1 aromatic rings. The summed E-state index contributed by atoms with van der Waals surface area (Å²) in [5, 5.41) is 11.7. The molecule has 0 fully saturated rings. The highest BCUT2D eigenvalue weighted by Gasteiger charge is 2.05. The monoisotopic (exact) mass is 278 g/mol. The minimum absolute atomic E-state index is 0.0139. The molecule has 0 saturated heterocycles. The number of carboxylic acids is 1. The second-order valence-corrected chi connectivity index (χ2v) is 4.97. The number of hydrogen-bond donors (Lipinski definition) is 3. The van der Waals surface area contributed by atoms with Gasteiger partial charge in [0, 0.05) is 19.0 Å². The van der Waals surface area contributed by atoms with Crippen molar-refractivity contribution in [3.63, 3.8) is 0 Å². The van der Waals surface area contributed by atoms with E-state index in [1.165, 1.54) is 0 Å². The molecule has 110 valence electrons. The lowest BCUT2D eigenvalue weighted by molar-refractivity contribution is -0.121. The van der Waals surface area contributed by atoms with Crippen LogP contribution in [0.15, 0.2) is 24.3 Å². The molecule has 1 atom stereocenters. The minimum Gasteiger partial charge on any atom is -0.478 e. The number of nitrogens with two attached hydrogens (primary N) is 1. The van der Waals surface area contributed by atoms with Crippen molar-refractivity contribution in [2.45, 2.75) is 38.6 Å². The van der Waals surface area contributed by atoms with Gasteiger partial charge < -0.3 is 16.2 Å². The third-order valence-corrected chi connectivity index (χ3v) is 2.97. The van der Waals surface area contributed by atoms with E-state index >= 15 is 0 Å². The van der Waals surface area contributed by atoms with E-state index in [0.717, 1.165) is 18.4 Å². The van der Waals surface area contributed by atoms with Crippen LogP contribution in [0.4, 0.5) is 0 Å². The Morgan fingerprint density at radius 3 is 2.80 bits per heavy atom. The fraction of sp³-hybridized carbons (Fsp3) is 0.467. The minimum atomic E-state index is -0.938. The van der Waals surface area contributed by atoms with Crippen LogP contribution in [0.1, 0.15) is 42.1 Å². The maximum absolute atomic E-state index is 11.5. The number of carboxylic acid groups (broad SMARTS) is 1. The van der Waals surface area contributed by atoms with Gasteiger partial charge in [-0.2, -0.15) is 0 Å². The largest absolute Gasteiger partial charge is 0.478 e. The summed E-state index contributed by atoms with van der Waals surface area (Å²) in [6, 6.07) is 6.88. The van der Waals surface area contributed by atoms with Crippen molar-refractivity contribution in [3.05, 3.63) is 35.4 Å². The molecule has 4 N–H and O–H groups in total. The molecular weight excluding hydrogens is 256 g/mol. The fourth-order valence-electron chi connectivity index (χ4n) is 1.88. The molecule has 0 aliphatic rings. The third kappa shape index (κ3) is 6.33. The van der Waals surface area contributed by atoms with Crippen LogP contribution in [0, 0.1) is 0 Å². The first-order chi connectivity index (χ1) is 9.49. The van der Waals surface area contributed by atoms with Crippen LogP contribution in [0.3, 0.4) is 0 Å². The number of amides is 1. The van der Waals surface area contributed by atoms with Crippen molar-refractivity contribution in [3.8, 4) is 0 Å². The number of carbonyl (C=O) groups is 2. The lowest BCUT2D eigenvalue weighted by Crippen LogP contribution is -2.26. The van der Waals surface area contributed by atoms with Gasteiger partial charge in [0.1, 0.15) is 0 Å². The van der Waals surface area contributed by atoms with Crippen LogP contribution in [-0.4, -0.2) is 29.6 Å². The number of rotatable bonds is 8. The summed E-state index contributed by atoms with van der Waals surface area (Å²) in [5.41, 5.74) is 6.79. The fourth-order valence-corrected chi connectivity index (χ4v) is 1.88. The molecule has 0 saturated carbocycles. The predicted molar refractivity (Wildman–Crippen MR) is 77.6 cm³/mol. The van der Waals surface area contributed by atoms with E-state index in [0.29, 0.717) is 19.4 Å². The van der Waals surface area contributed by atoms with Crippen LogP contribution in [0.5, 0.6) is 0 Å². The Hall–Kier alpha value is -1.88. The number of aromatic carboxylic acids is 1. The SMILES string of the molecule is CC(N)CCCC(=O)NCCc1cccc(C(=O)O)c1. The topological polar surface area (TPSA) is 92.4 Å². The molecule has 0 aliphatic heterocycles. The van der Waals surface area contributed by atoms with E-state index in [1.807, 2.05) is 13.0 Å². The molecule has 0 radical (unpaired) electrons. The van der Waals surface area contributed by atoms with Crippen LogP contribution in [0.25, 0.3) is 0 Å². The Balaban J connectivity index is 2.28. The average Bonchev–Trinajstić information content (AvgIpc) is 2.38. The molecule has 0 bridgehead atoms. The molecule has 1 aromatic carbocycles. The Labute approximate surface area is 119 Å². The molecule has 20 heavy (non-hydrogen) atoms. The molecule has 1 rings (SSSR count). The number of nitrogens with one attached hydrogen (secondary N) is 1. The first kappa shape index (κ1) is 16.2. The molecule has 1 unspecified atom stereocenters. The maximum Gasteiger partial charge on any atom is 0.335 e. The molecule has 5 heteroatoms. The Morgan fingerprint density at radius 2 is 2.15 bits per heavy atom. The zero-order valence-electron chi connectivity index (χ0n) is 11.8. The molecule has 5 nitrogen and oxygen atoms in total. The van der Waals surface area contributed by atoms with Crippen molar-refractivity contribution >= 4 is 11.9 Å². The van der Waals surface area contributed by atoms with Gasteiger partial charge in [0.15, 0.2) is 0 Å². The smallest absolute Gasteiger partial charge is 0.335 e. The normalized spacial score (nSPS) is 11.9. The van der Waals surface area contributed by atoms with E-state index < -0.39 is 5.97 Å². The van der Waals surface area contributed by atoms with Crippen molar-refractivity contribution in [2.75, 3.05) is 6.54 Å². The maximum atomic E-state index is 11.5. The lowest BCUT2D eigenvalue weighted by atomic mass is 10.1. The number of hydrogen-bond acceptors (Lipinski definition) is 3. The van der Waals surface area contributed by atoms with E-state index in [1.54, 1.807) is 18.2 Å². The summed E-state index contributed by atoms with van der Waals surface area (Å²) >= 11 is 0. The van der Waals surface area contributed by atoms with Crippen LogP contribution in [-0.2, 0) is 11.2 Å². The Kier molecular flexibility index (Phi) is 6.73. The van der Waals surface area contributed by atoms with Gasteiger partial charge in [-0.3, -0.25) is 4.79 Å². The van der Waals surface area contributed by atoms with Crippen molar-refractivity contribution < 1.29 is 14.7 Å². The highest BCUT2D eigenvalue weighted by atomic mass is 16.4. The summed E-state index contributed by atoms with van der Waals surface area (Å²) in [6.07, 6.45) is 2.74. The molecule has 0 spiro atoms. The second-order valence-electron chi connectivity index (χ2n) is 4.97. The summed E-state index contributed by atoms with van der Waals surface area (Å²) in [5.74, 6) is -0.924. The zero-order chi connectivity index (χ0) is 15.0. The van der Waals surface area contributed by atoms with Crippen molar-refractivity contribution in [1.29, 1.82) is 0 Å². The summed E-state index contributed by atoms with van der Waals surface area (Å²) in [6.45, 7) is 2.44. The Bertz CT molecular complexity index is 458. The zero-order valence-corrected chi connectivity index (χ0v) is 11.8. The van der Waals surface area contributed by atoms with E-state index in [9.17, 15) is 9.59 Å². The van der Waals surface area contributed by atoms with Gasteiger partial charge in [0.25, 0.3) is 0 Å². The summed E-state index contributed by atoms with van der Waals surface area (Å²) in [4.78, 5) is 22.4. The van der Waals surface area contributed by atoms with Gasteiger partial charge in [0.05, 0.1) is 5.56 Å². The second kappa shape index (κ2) is 8.32. The predicted octanol–water partition coefficient (Wildman–Crippen LogP) is 1.56. The molecule has 0 aliphatic carbocycles. The van der Waals surface area contributed by atoms with Gasteiger partial charge in [-0.05, 0) is 43.9 Å². The third-order valence-electron chi connectivity index (χ3n) is 2.97. The van der Waals surface area contributed by atoms with Gasteiger partial charge in [-0.15, -0.1) is 0 Å². The molecule has 1 amide bonds. The standard InChI is InChI=1S/C15H22N2O3/c1-11(16)4-2-7-14(18)17-9-8-12-5-3-6-13(10-12)15(19)20/h3,5-6,10-11H,2,4,7-9,16H2,1H3,(H,17,18)(H,19,20). The first-order valence-electron chi connectivity index (χ1n) is 6.83. The quantitative estimate of drug-likeness (QED) is 0.673. The van der Waals surface area contributed by atoms with Crippen LogP contribution in [0.2, 0.25) is 0 Å². The summed E-state index contributed by atoms with van der Waals surface area (Å²) in [7, 11) is 0. The van der Waals surface area contributed by atoms with Crippen molar-refractivity contribution in [2.24, 2.45) is 5.73 Å². The number of benzene rings is 1. The van der Waals surface area contributed by atoms with E-state index in [-0.39, 0.29) is 17.5 Å². The lowest BCUT2D eigenvalue weighted by Gasteiger charge is -2.07. The van der Waals surface area contributed by atoms with Gasteiger partial charge in [-0.25, -0.2) is 4.79 Å². The van der Waals surface area contributed by atoms with Crippen LogP contribution >= 0.6 is 0 Å².